The molecule has 5 heteroatoms. The molecule has 0 N–H and O–H groups in total. The third kappa shape index (κ3) is 4.06. The Morgan fingerprint density at radius 3 is 2.59 bits per heavy atom. The number of methoxy groups -OCH3 is 1. The third-order valence-electron chi connectivity index (χ3n) is 2.30. The first-order chi connectivity index (χ1) is 8.21. The number of aliphatic imine (C=N–C) groups is 1. The Labute approximate surface area is 104 Å². The second-order valence-electron chi connectivity index (χ2n) is 3.29. The summed E-state index contributed by atoms with van der Waals surface area (Å²) in [4.78, 5) is 26.2. The SMILES string of the molecule is COC(=O)CC(N=C=O)c1ccc(SC)cc1. The zero-order chi connectivity index (χ0) is 12.7. The summed E-state index contributed by atoms with van der Waals surface area (Å²) < 4.78 is 4.56. The Morgan fingerprint density at radius 2 is 2.12 bits per heavy atom. The molecule has 1 aromatic rings. The highest BCUT2D eigenvalue weighted by Crippen LogP contribution is 2.24. The average molecular weight is 251 g/mol. The Balaban J connectivity index is 2.88. The zero-order valence-corrected chi connectivity index (χ0v) is 10.5. The Kier molecular flexibility index (Phi) is 5.46. The van der Waals surface area contributed by atoms with Crippen LogP contribution in [0.15, 0.2) is 34.2 Å². The molecule has 1 unspecified atom stereocenters. The fraction of sp³-hybridized carbons (Fsp3) is 0.333. The van der Waals surface area contributed by atoms with Crippen molar-refractivity contribution in [3.8, 4) is 0 Å². The average Bonchev–Trinajstić information content (AvgIpc) is 2.38. The molecule has 0 aromatic heterocycles. The van der Waals surface area contributed by atoms with Crippen LogP contribution in [0.25, 0.3) is 0 Å². The summed E-state index contributed by atoms with van der Waals surface area (Å²) in [7, 11) is 1.31. The second-order valence-corrected chi connectivity index (χ2v) is 4.17. The van der Waals surface area contributed by atoms with Crippen molar-refractivity contribution in [2.45, 2.75) is 17.4 Å². The summed E-state index contributed by atoms with van der Waals surface area (Å²) in [6, 6.07) is 7.02. The van der Waals surface area contributed by atoms with Crippen molar-refractivity contribution < 1.29 is 14.3 Å². The van der Waals surface area contributed by atoms with E-state index in [0.29, 0.717) is 0 Å². The lowest BCUT2D eigenvalue weighted by atomic mass is 10.0. The quantitative estimate of drug-likeness (QED) is 0.349. The number of rotatable bonds is 5. The van der Waals surface area contributed by atoms with Crippen LogP contribution in [0.3, 0.4) is 0 Å². The van der Waals surface area contributed by atoms with E-state index >= 15 is 0 Å². The fourth-order valence-electron chi connectivity index (χ4n) is 1.37. The molecule has 0 saturated heterocycles. The van der Waals surface area contributed by atoms with Gasteiger partial charge in [-0.3, -0.25) is 4.79 Å². The largest absolute Gasteiger partial charge is 0.469 e. The number of benzene rings is 1. The van der Waals surface area contributed by atoms with Gasteiger partial charge in [-0.2, -0.15) is 4.99 Å². The normalized spacial score (nSPS) is 11.4. The lowest BCUT2D eigenvalue weighted by molar-refractivity contribution is -0.141. The standard InChI is InChI=1S/C12H13NO3S/c1-16-12(15)7-11(13-8-14)9-3-5-10(17-2)6-4-9/h3-6,11H,7H2,1-2H3. The molecule has 0 aliphatic carbocycles. The molecule has 4 nitrogen and oxygen atoms in total. The first-order valence-corrected chi connectivity index (χ1v) is 6.21. The van der Waals surface area contributed by atoms with Gasteiger partial charge in [0, 0.05) is 4.90 Å². The molecule has 0 aliphatic rings. The molecule has 0 saturated carbocycles. The van der Waals surface area contributed by atoms with Crippen molar-refractivity contribution in [2.24, 2.45) is 4.99 Å². The molecule has 0 aliphatic heterocycles. The molecular formula is C12H13NO3S. The molecule has 1 atom stereocenters. The minimum atomic E-state index is -0.518. The Morgan fingerprint density at radius 1 is 1.47 bits per heavy atom. The van der Waals surface area contributed by atoms with Crippen molar-refractivity contribution >= 4 is 23.8 Å². The molecule has 90 valence electrons. The van der Waals surface area contributed by atoms with E-state index in [4.69, 9.17) is 0 Å². The van der Waals surface area contributed by atoms with Crippen LogP contribution >= 0.6 is 11.8 Å². The van der Waals surface area contributed by atoms with E-state index in [1.165, 1.54) is 13.2 Å². The highest BCUT2D eigenvalue weighted by molar-refractivity contribution is 7.98. The molecule has 0 amide bonds. The first-order valence-electron chi connectivity index (χ1n) is 4.99. The first kappa shape index (κ1) is 13.5. The molecule has 0 bridgehead atoms. The number of thioether (sulfide) groups is 1. The van der Waals surface area contributed by atoms with Crippen molar-refractivity contribution in [2.75, 3.05) is 13.4 Å². The molecule has 0 radical (unpaired) electrons. The van der Waals surface area contributed by atoms with Crippen LogP contribution in [0.2, 0.25) is 0 Å². The lowest BCUT2D eigenvalue weighted by Crippen LogP contribution is -2.07. The van der Waals surface area contributed by atoms with Crippen LogP contribution < -0.4 is 0 Å². The minimum Gasteiger partial charge on any atom is -0.469 e. The van der Waals surface area contributed by atoms with E-state index in [0.717, 1.165) is 10.5 Å². The highest BCUT2D eigenvalue weighted by Gasteiger charge is 2.15. The molecule has 0 fully saturated rings. The van der Waals surface area contributed by atoms with Gasteiger partial charge < -0.3 is 4.74 Å². The number of carbonyl (C=O) groups excluding carboxylic acids is 2. The summed E-state index contributed by atoms with van der Waals surface area (Å²) in [6.45, 7) is 0. The van der Waals surface area contributed by atoms with Crippen LogP contribution in [-0.4, -0.2) is 25.4 Å². The third-order valence-corrected chi connectivity index (χ3v) is 3.04. The number of ether oxygens (including phenoxy) is 1. The number of esters is 1. The Bertz CT molecular complexity index is 424. The number of isocyanates is 1. The van der Waals surface area contributed by atoms with Crippen LogP contribution in [0.1, 0.15) is 18.0 Å². The van der Waals surface area contributed by atoms with E-state index in [1.807, 2.05) is 30.5 Å². The summed E-state index contributed by atoms with van der Waals surface area (Å²) in [5.74, 6) is -0.400. The van der Waals surface area contributed by atoms with Gasteiger partial charge in [0.05, 0.1) is 19.6 Å². The van der Waals surface area contributed by atoms with Crippen LogP contribution in [0.5, 0.6) is 0 Å². The van der Waals surface area contributed by atoms with Crippen LogP contribution in [0, 0.1) is 0 Å². The van der Waals surface area contributed by atoms with Crippen LogP contribution in [0.4, 0.5) is 0 Å². The van der Waals surface area contributed by atoms with Crippen LogP contribution in [-0.2, 0) is 14.3 Å². The predicted octanol–water partition coefficient (Wildman–Crippen LogP) is 2.35. The molecule has 0 spiro atoms. The molecular weight excluding hydrogens is 238 g/mol. The van der Waals surface area contributed by atoms with Crippen molar-refractivity contribution in [1.82, 2.24) is 0 Å². The van der Waals surface area contributed by atoms with Gasteiger partial charge in [-0.25, -0.2) is 4.79 Å². The van der Waals surface area contributed by atoms with Crippen molar-refractivity contribution in [3.63, 3.8) is 0 Å². The lowest BCUT2D eigenvalue weighted by Gasteiger charge is -2.09. The predicted molar refractivity (Wildman–Crippen MR) is 65.7 cm³/mol. The molecule has 1 aromatic carbocycles. The van der Waals surface area contributed by atoms with Gasteiger partial charge in [0.15, 0.2) is 0 Å². The Hall–Kier alpha value is -1.58. The van der Waals surface area contributed by atoms with Crippen molar-refractivity contribution in [1.29, 1.82) is 0 Å². The van der Waals surface area contributed by atoms with Crippen molar-refractivity contribution in [3.05, 3.63) is 29.8 Å². The minimum absolute atomic E-state index is 0.0460. The molecule has 17 heavy (non-hydrogen) atoms. The monoisotopic (exact) mass is 251 g/mol. The summed E-state index contributed by atoms with van der Waals surface area (Å²) in [5, 5.41) is 0. The van der Waals surface area contributed by atoms with E-state index in [9.17, 15) is 9.59 Å². The summed E-state index contributed by atoms with van der Waals surface area (Å²) in [6.07, 6.45) is 3.51. The maximum Gasteiger partial charge on any atom is 0.308 e. The maximum absolute atomic E-state index is 11.2. The van der Waals surface area contributed by atoms with Gasteiger partial charge in [-0.15, -0.1) is 11.8 Å². The topological polar surface area (TPSA) is 55.7 Å². The van der Waals surface area contributed by atoms with Gasteiger partial charge in [0.25, 0.3) is 0 Å². The molecule has 0 heterocycles. The van der Waals surface area contributed by atoms with Gasteiger partial charge in [-0.1, -0.05) is 12.1 Å². The highest BCUT2D eigenvalue weighted by atomic mass is 32.2. The fourth-order valence-corrected chi connectivity index (χ4v) is 1.78. The van der Waals surface area contributed by atoms with E-state index in [-0.39, 0.29) is 6.42 Å². The number of nitrogens with zero attached hydrogens (tertiary/aromatic N) is 1. The zero-order valence-electron chi connectivity index (χ0n) is 9.67. The van der Waals surface area contributed by atoms with E-state index in [2.05, 4.69) is 9.73 Å². The molecule has 1 rings (SSSR count). The number of carbonyl (C=O) groups is 1. The summed E-state index contributed by atoms with van der Waals surface area (Å²) >= 11 is 1.62. The maximum atomic E-state index is 11.2. The smallest absolute Gasteiger partial charge is 0.308 e. The number of hydrogen-bond acceptors (Lipinski definition) is 5. The van der Waals surface area contributed by atoms with E-state index in [1.54, 1.807) is 11.8 Å². The van der Waals surface area contributed by atoms with Gasteiger partial charge in [0.2, 0.25) is 6.08 Å². The van der Waals surface area contributed by atoms with E-state index < -0.39 is 12.0 Å². The van der Waals surface area contributed by atoms with Gasteiger partial charge in [0.1, 0.15) is 0 Å². The second kappa shape index (κ2) is 6.89. The summed E-state index contributed by atoms with van der Waals surface area (Å²) in [5.41, 5.74) is 0.802. The van der Waals surface area contributed by atoms with Gasteiger partial charge in [-0.05, 0) is 24.0 Å². The van der Waals surface area contributed by atoms with Gasteiger partial charge >= 0.3 is 5.97 Å². The number of hydrogen-bond donors (Lipinski definition) is 0.